The van der Waals surface area contributed by atoms with Crippen LogP contribution < -0.4 is 10.1 Å². The third-order valence-electron chi connectivity index (χ3n) is 3.13. The fourth-order valence-electron chi connectivity index (χ4n) is 1.47. The summed E-state index contributed by atoms with van der Waals surface area (Å²) >= 11 is 0. The SMILES string of the molecule is COC(C)(C)CCOc1ccc(CNC(C)(C)C)cn1. The van der Waals surface area contributed by atoms with E-state index in [1.165, 1.54) is 0 Å². The molecule has 0 saturated heterocycles. The van der Waals surface area contributed by atoms with Crippen molar-refractivity contribution in [3.05, 3.63) is 23.9 Å². The highest BCUT2D eigenvalue weighted by Crippen LogP contribution is 2.14. The molecule has 0 aliphatic heterocycles. The third kappa shape index (κ3) is 6.87. The quantitative estimate of drug-likeness (QED) is 0.833. The highest BCUT2D eigenvalue weighted by molar-refractivity contribution is 5.17. The molecular weight excluding hydrogens is 252 g/mol. The Morgan fingerprint density at radius 3 is 2.35 bits per heavy atom. The van der Waals surface area contributed by atoms with Crippen molar-refractivity contribution in [1.29, 1.82) is 0 Å². The summed E-state index contributed by atoms with van der Waals surface area (Å²) in [4.78, 5) is 4.32. The van der Waals surface area contributed by atoms with E-state index in [4.69, 9.17) is 9.47 Å². The van der Waals surface area contributed by atoms with Gasteiger partial charge < -0.3 is 14.8 Å². The van der Waals surface area contributed by atoms with Crippen molar-refractivity contribution in [3.8, 4) is 5.88 Å². The molecule has 4 heteroatoms. The van der Waals surface area contributed by atoms with Crippen LogP contribution in [0.2, 0.25) is 0 Å². The molecule has 1 aromatic rings. The van der Waals surface area contributed by atoms with Gasteiger partial charge in [-0.1, -0.05) is 6.07 Å². The van der Waals surface area contributed by atoms with Gasteiger partial charge >= 0.3 is 0 Å². The van der Waals surface area contributed by atoms with E-state index < -0.39 is 0 Å². The molecule has 1 N–H and O–H groups in total. The third-order valence-corrected chi connectivity index (χ3v) is 3.13. The lowest BCUT2D eigenvalue weighted by molar-refractivity contribution is 0.00508. The van der Waals surface area contributed by atoms with Gasteiger partial charge in [-0.3, -0.25) is 0 Å². The number of methoxy groups -OCH3 is 1. The van der Waals surface area contributed by atoms with Gasteiger partial charge in [-0.05, 0) is 40.2 Å². The number of nitrogens with one attached hydrogen (secondary N) is 1. The van der Waals surface area contributed by atoms with Crippen LogP contribution in [-0.4, -0.2) is 29.8 Å². The molecule has 0 bridgehead atoms. The molecule has 20 heavy (non-hydrogen) atoms. The standard InChI is InChI=1S/C16H28N2O2/c1-15(2,3)18-12-13-7-8-14(17-11-13)20-10-9-16(4,5)19-6/h7-8,11,18H,9-10,12H2,1-6H3. The predicted molar refractivity (Wildman–Crippen MR) is 82.0 cm³/mol. The van der Waals surface area contributed by atoms with Crippen LogP contribution in [0.1, 0.15) is 46.6 Å². The van der Waals surface area contributed by atoms with E-state index >= 15 is 0 Å². The fourth-order valence-corrected chi connectivity index (χ4v) is 1.47. The van der Waals surface area contributed by atoms with Crippen LogP contribution in [0.15, 0.2) is 18.3 Å². The Balaban J connectivity index is 2.39. The van der Waals surface area contributed by atoms with Crippen LogP contribution in [0.25, 0.3) is 0 Å². The van der Waals surface area contributed by atoms with Crippen molar-refractivity contribution in [2.75, 3.05) is 13.7 Å². The molecular formula is C16H28N2O2. The van der Waals surface area contributed by atoms with Crippen LogP contribution in [0.4, 0.5) is 0 Å². The van der Waals surface area contributed by atoms with Crippen LogP contribution in [-0.2, 0) is 11.3 Å². The molecule has 0 spiro atoms. The van der Waals surface area contributed by atoms with Gasteiger partial charge in [0.15, 0.2) is 0 Å². The van der Waals surface area contributed by atoms with E-state index in [1.54, 1.807) is 7.11 Å². The summed E-state index contributed by atoms with van der Waals surface area (Å²) in [5.41, 5.74) is 1.11. The Hall–Kier alpha value is -1.13. The second-order valence-electron chi connectivity index (χ2n) is 6.67. The highest BCUT2D eigenvalue weighted by atomic mass is 16.5. The lowest BCUT2D eigenvalue weighted by atomic mass is 10.1. The van der Waals surface area contributed by atoms with Gasteiger partial charge in [-0.25, -0.2) is 4.98 Å². The van der Waals surface area contributed by atoms with Crippen molar-refractivity contribution >= 4 is 0 Å². The van der Waals surface area contributed by atoms with E-state index in [9.17, 15) is 0 Å². The average Bonchev–Trinajstić information content (AvgIpc) is 2.37. The van der Waals surface area contributed by atoms with Crippen LogP contribution in [0.5, 0.6) is 5.88 Å². The Kier molecular flexibility index (Phi) is 5.96. The summed E-state index contributed by atoms with van der Waals surface area (Å²) in [6.45, 7) is 12.0. The molecule has 114 valence electrons. The number of aromatic nitrogens is 1. The maximum atomic E-state index is 5.63. The Morgan fingerprint density at radius 1 is 1.15 bits per heavy atom. The lowest BCUT2D eigenvalue weighted by Crippen LogP contribution is -2.35. The molecule has 1 rings (SSSR count). The maximum absolute atomic E-state index is 5.63. The molecule has 0 amide bonds. The number of hydrogen-bond acceptors (Lipinski definition) is 4. The van der Waals surface area contributed by atoms with E-state index in [0.29, 0.717) is 12.5 Å². The molecule has 0 aliphatic rings. The van der Waals surface area contributed by atoms with Crippen LogP contribution in [0, 0.1) is 0 Å². The Morgan fingerprint density at radius 2 is 1.85 bits per heavy atom. The molecule has 4 nitrogen and oxygen atoms in total. The highest BCUT2D eigenvalue weighted by Gasteiger charge is 2.16. The van der Waals surface area contributed by atoms with Gasteiger partial charge in [0, 0.05) is 37.9 Å². The Bertz CT molecular complexity index is 394. The fraction of sp³-hybridized carbons (Fsp3) is 0.688. The van der Waals surface area contributed by atoms with Crippen LogP contribution in [0.3, 0.4) is 0 Å². The minimum absolute atomic E-state index is 0.112. The summed E-state index contributed by atoms with van der Waals surface area (Å²) in [5, 5.41) is 3.43. The van der Waals surface area contributed by atoms with E-state index in [2.05, 4.69) is 31.1 Å². The maximum Gasteiger partial charge on any atom is 0.213 e. The topological polar surface area (TPSA) is 43.4 Å². The minimum Gasteiger partial charge on any atom is -0.478 e. The number of nitrogens with zero attached hydrogens (tertiary/aromatic N) is 1. The number of ether oxygens (including phenoxy) is 2. The van der Waals surface area contributed by atoms with Gasteiger partial charge in [0.2, 0.25) is 5.88 Å². The molecule has 0 saturated carbocycles. The molecule has 0 aliphatic carbocycles. The minimum atomic E-state index is -0.156. The predicted octanol–water partition coefficient (Wildman–Crippen LogP) is 3.16. The van der Waals surface area contributed by atoms with Crippen molar-refractivity contribution in [3.63, 3.8) is 0 Å². The number of rotatable bonds is 7. The van der Waals surface area contributed by atoms with E-state index in [0.717, 1.165) is 18.5 Å². The summed E-state index contributed by atoms with van der Waals surface area (Å²) in [5.74, 6) is 0.663. The van der Waals surface area contributed by atoms with Gasteiger partial charge in [-0.2, -0.15) is 0 Å². The first kappa shape index (κ1) is 16.9. The van der Waals surface area contributed by atoms with Gasteiger partial charge in [-0.15, -0.1) is 0 Å². The van der Waals surface area contributed by atoms with Crippen molar-refractivity contribution < 1.29 is 9.47 Å². The van der Waals surface area contributed by atoms with Gasteiger partial charge in [0.1, 0.15) is 0 Å². The number of pyridine rings is 1. The normalized spacial score (nSPS) is 12.5. The molecule has 0 aromatic carbocycles. The van der Waals surface area contributed by atoms with Crippen molar-refractivity contribution in [1.82, 2.24) is 10.3 Å². The second kappa shape index (κ2) is 7.04. The molecule has 0 unspecified atom stereocenters. The first-order valence-corrected chi connectivity index (χ1v) is 7.10. The largest absolute Gasteiger partial charge is 0.478 e. The second-order valence-corrected chi connectivity index (χ2v) is 6.67. The monoisotopic (exact) mass is 280 g/mol. The summed E-state index contributed by atoms with van der Waals surface area (Å²) < 4.78 is 11.0. The van der Waals surface area contributed by atoms with Crippen molar-refractivity contribution in [2.24, 2.45) is 0 Å². The summed E-state index contributed by atoms with van der Waals surface area (Å²) in [7, 11) is 1.72. The molecule has 1 heterocycles. The average molecular weight is 280 g/mol. The summed E-state index contributed by atoms with van der Waals surface area (Å²) in [6, 6.07) is 3.96. The zero-order valence-corrected chi connectivity index (χ0v) is 13.6. The molecule has 0 radical (unpaired) electrons. The first-order valence-electron chi connectivity index (χ1n) is 7.10. The van der Waals surface area contributed by atoms with Gasteiger partial charge in [0.05, 0.1) is 12.2 Å². The lowest BCUT2D eigenvalue weighted by Gasteiger charge is -2.22. The molecule has 0 fully saturated rings. The van der Waals surface area contributed by atoms with Crippen molar-refractivity contribution in [2.45, 2.75) is 58.7 Å². The number of hydrogen-bond donors (Lipinski definition) is 1. The molecule has 1 aromatic heterocycles. The Labute approximate surface area is 122 Å². The van der Waals surface area contributed by atoms with E-state index in [-0.39, 0.29) is 11.1 Å². The van der Waals surface area contributed by atoms with Crippen LogP contribution >= 0.6 is 0 Å². The summed E-state index contributed by atoms with van der Waals surface area (Å²) in [6.07, 6.45) is 2.69. The van der Waals surface area contributed by atoms with E-state index in [1.807, 2.05) is 32.2 Å². The first-order chi connectivity index (χ1) is 9.22. The van der Waals surface area contributed by atoms with Gasteiger partial charge in [0.25, 0.3) is 0 Å². The molecule has 0 atom stereocenters. The zero-order valence-electron chi connectivity index (χ0n) is 13.6. The zero-order chi connectivity index (χ0) is 15.2. The smallest absolute Gasteiger partial charge is 0.213 e.